The van der Waals surface area contributed by atoms with Gasteiger partial charge in [0.1, 0.15) is 12.1 Å². The highest BCUT2D eigenvalue weighted by molar-refractivity contribution is 5.76. The molecular formula is C23H36N2O4. The molecule has 0 saturated carbocycles. The Morgan fingerprint density at radius 3 is 2.79 bits per heavy atom. The third-order valence-corrected chi connectivity index (χ3v) is 5.93. The predicted molar refractivity (Wildman–Crippen MR) is 113 cm³/mol. The molecule has 0 aliphatic carbocycles. The number of hydrogen-bond donors (Lipinski definition) is 1. The molecule has 6 heteroatoms. The van der Waals surface area contributed by atoms with Gasteiger partial charge in [0.2, 0.25) is 0 Å². The van der Waals surface area contributed by atoms with Crippen molar-refractivity contribution in [1.82, 2.24) is 4.90 Å². The smallest absolute Gasteiger partial charge is 0.323 e. The second kappa shape index (κ2) is 9.35. The van der Waals surface area contributed by atoms with Crippen LogP contribution in [0, 0.1) is 11.8 Å². The molecular weight excluding hydrogens is 368 g/mol. The van der Waals surface area contributed by atoms with Crippen LogP contribution in [0.3, 0.4) is 0 Å². The molecule has 0 aromatic heterocycles. The Morgan fingerprint density at radius 2 is 2.14 bits per heavy atom. The SMILES string of the molecule is [2H]C([2H])([2H])Oc1cc2c(cc1OC)[C@@H]1C[C@H](OC(=O)[C@@H](N)C(C)C)[C@H](C([2H])([2H])C([2H])([2H])C)CN1CC2. The molecule has 0 bridgehead atoms. The van der Waals surface area contributed by atoms with Crippen LogP contribution in [-0.4, -0.2) is 50.3 Å². The van der Waals surface area contributed by atoms with E-state index in [0.29, 0.717) is 13.0 Å². The number of hydrogen-bond acceptors (Lipinski definition) is 6. The van der Waals surface area contributed by atoms with E-state index in [9.17, 15) is 4.79 Å². The standard InChI is InChI=1S/C23H36N2O4/c1-6-7-16-13-25-9-8-15-10-20(27-4)21(28-5)11-17(15)18(25)12-19(16)29-23(26)22(24)14(2)3/h10-11,14,16,18-19,22H,6-9,12-13,24H2,1-5H3/t16-,18+,19+,22+/m1/s1/i4D3,6D2,7D2. The summed E-state index contributed by atoms with van der Waals surface area (Å²) in [7, 11) is -1.22. The average Bonchev–Trinajstić information content (AvgIpc) is 2.75. The first-order valence-corrected chi connectivity index (χ1v) is 10.1. The number of nitrogens with zero attached hydrogens (tertiary/aromatic N) is 1. The molecule has 4 atom stereocenters. The van der Waals surface area contributed by atoms with E-state index in [4.69, 9.17) is 29.5 Å². The van der Waals surface area contributed by atoms with Crippen LogP contribution in [0.4, 0.5) is 0 Å². The average molecular weight is 412 g/mol. The molecule has 2 heterocycles. The lowest BCUT2D eigenvalue weighted by Gasteiger charge is -2.47. The number of fused-ring (bicyclic) bond motifs is 3. The van der Waals surface area contributed by atoms with Crippen molar-refractivity contribution >= 4 is 5.97 Å². The molecule has 2 aliphatic rings. The quantitative estimate of drug-likeness (QED) is 0.694. The highest BCUT2D eigenvalue weighted by Crippen LogP contribution is 2.44. The zero-order valence-electron chi connectivity index (χ0n) is 24.5. The zero-order valence-corrected chi connectivity index (χ0v) is 17.5. The van der Waals surface area contributed by atoms with Gasteiger partial charge >= 0.3 is 5.97 Å². The molecule has 0 radical (unpaired) electrons. The van der Waals surface area contributed by atoms with E-state index in [-0.39, 0.29) is 36.4 Å². The summed E-state index contributed by atoms with van der Waals surface area (Å²) < 4.78 is 72.1. The normalized spacial score (nSPS) is 30.1. The third-order valence-electron chi connectivity index (χ3n) is 5.93. The van der Waals surface area contributed by atoms with Crippen molar-refractivity contribution in [2.45, 2.75) is 64.5 Å². The number of piperidine rings is 1. The van der Waals surface area contributed by atoms with Crippen molar-refractivity contribution in [3.8, 4) is 11.5 Å². The minimum Gasteiger partial charge on any atom is -0.493 e. The summed E-state index contributed by atoms with van der Waals surface area (Å²) in [6, 6.07) is 2.22. The maximum Gasteiger partial charge on any atom is 0.323 e. The van der Waals surface area contributed by atoms with E-state index in [2.05, 4.69) is 4.90 Å². The van der Waals surface area contributed by atoms with Gasteiger partial charge in [0.15, 0.2) is 11.5 Å². The van der Waals surface area contributed by atoms with E-state index in [1.807, 2.05) is 0 Å². The lowest BCUT2D eigenvalue weighted by Crippen LogP contribution is -2.50. The van der Waals surface area contributed by atoms with Crippen molar-refractivity contribution in [1.29, 1.82) is 0 Å². The van der Waals surface area contributed by atoms with Gasteiger partial charge < -0.3 is 19.9 Å². The summed E-state index contributed by atoms with van der Waals surface area (Å²) in [6.07, 6.45) is -4.57. The van der Waals surface area contributed by atoms with E-state index in [1.165, 1.54) is 14.0 Å². The maximum absolute atomic E-state index is 12.8. The summed E-state index contributed by atoms with van der Waals surface area (Å²) >= 11 is 0. The fourth-order valence-corrected chi connectivity index (χ4v) is 4.20. The summed E-state index contributed by atoms with van der Waals surface area (Å²) in [5, 5.41) is 0. The topological polar surface area (TPSA) is 74.0 Å². The van der Waals surface area contributed by atoms with Crippen LogP contribution in [0.5, 0.6) is 11.5 Å². The molecule has 6 nitrogen and oxygen atoms in total. The number of carbonyl (C=O) groups excluding carboxylic acids is 1. The van der Waals surface area contributed by atoms with Gasteiger partial charge in [-0.15, -0.1) is 0 Å². The molecule has 1 saturated heterocycles. The molecule has 1 aromatic rings. The Kier molecular flexibility index (Phi) is 4.60. The molecule has 162 valence electrons. The molecule has 1 aromatic carbocycles. The first-order chi connectivity index (χ1) is 16.5. The minimum absolute atomic E-state index is 0.111. The second-order valence-electron chi connectivity index (χ2n) is 8.05. The van der Waals surface area contributed by atoms with Gasteiger partial charge in [0.05, 0.1) is 18.3 Å². The summed E-state index contributed by atoms with van der Waals surface area (Å²) in [5.74, 6) is -1.37. The lowest BCUT2D eigenvalue weighted by molar-refractivity contribution is -0.160. The highest BCUT2D eigenvalue weighted by Gasteiger charge is 2.41. The summed E-state index contributed by atoms with van der Waals surface area (Å²) in [4.78, 5) is 14.9. The number of rotatable bonds is 7. The van der Waals surface area contributed by atoms with Gasteiger partial charge in [-0.2, -0.15) is 0 Å². The van der Waals surface area contributed by atoms with Crippen LogP contribution in [-0.2, 0) is 16.0 Å². The fraction of sp³-hybridized carbons (Fsp3) is 0.696. The van der Waals surface area contributed by atoms with Crippen molar-refractivity contribution in [2.75, 3.05) is 27.2 Å². The van der Waals surface area contributed by atoms with Gasteiger partial charge in [-0.1, -0.05) is 27.1 Å². The molecule has 0 unspecified atom stereocenters. The van der Waals surface area contributed by atoms with Crippen LogP contribution >= 0.6 is 0 Å². The Balaban J connectivity index is 2.00. The summed E-state index contributed by atoms with van der Waals surface area (Å²) in [5.41, 5.74) is 7.72. The number of esters is 1. The molecule has 2 N–H and O–H groups in total. The number of ether oxygens (including phenoxy) is 3. The Hall–Kier alpha value is -1.79. The van der Waals surface area contributed by atoms with Crippen molar-refractivity contribution < 1.29 is 28.6 Å². The first kappa shape index (κ1) is 14.3. The van der Waals surface area contributed by atoms with Crippen molar-refractivity contribution in [3.05, 3.63) is 23.3 Å². The maximum atomic E-state index is 12.8. The minimum atomic E-state index is -2.64. The fourth-order valence-electron chi connectivity index (χ4n) is 4.20. The van der Waals surface area contributed by atoms with Crippen LogP contribution in [0.15, 0.2) is 12.1 Å². The zero-order chi connectivity index (χ0) is 27.2. The number of carbonyl (C=O) groups is 1. The van der Waals surface area contributed by atoms with Gasteiger partial charge in [0.25, 0.3) is 0 Å². The number of nitrogens with two attached hydrogens (primary N) is 1. The van der Waals surface area contributed by atoms with Gasteiger partial charge in [-0.3, -0.25) is 9.69 Å². The Morgan fingerprint density at radius 1 is 1.38 bits per heavy atom. The number of methoxy groups -OCH3 is 2. The monoisotopic (exact) mass is 411 g/mol. The second-order valence-corrected chi connectivity index (χ2v) is 8.05. The van der Waals surface area contributed by atoms with E-state index in [0.717, 1.165) is 11.1 Å². The van der Waals surface area contributed by atoms with E-state index >= 15 is 0 Å². The van der Waals surface area contributed by atoms with Crippen molar-refractivity contribution in [2.24, 2.45) is 17.6 Å². The Bertz CT molecular complexity index is 965. The van der Waals surface area contributed by atoms with Crippen LogP contribution < -0.4 is 15.2 Å². The van der Waals surface area contributed by atoms with Crippen LogP contribution in [0.1, 0.15) is 66.7 Å². The molecule has 0 amide bonds. The van der Waals surface area contributed by atoms with Gasteiger partial charge in [-0.25, -0.2) is 0 Å². The van der Waals surface area contributed by atoms with E-state index in [1.54, 1.807) is 26.0 Å². The van der Waals surface area contributed by atoms with Crippen molar-refractivity contribution in [3.63, 3.8) is 0 Å². The lowest BCUT2D eigenvalue weighted by atomic mass is 9.80. The molecule has 3 rings (SSSR count). The van der Waals surface area contributed by atoms with Gasteiger partial charge in [-0.05, 0) is 42.0 Å². The van der Waals surface area contributed by atoms with Crippen LogP contribution in [0.2, 0.25) is 0 Å². The molecule has 2 aliphatic heterocycles. The molecule has 0 spiro atoms. The molecule has 29 heavy (non-hydrogen) atoms. The predicted octanol–water partition coefficient (Wildman–Crippen LogP) is 3.32. The molecule has 1 fully saturated rings. The van der Waals surface area contributed by atoms with E-state index < -0.39 is 43.8 Å². The highest BCUT2D eigenvalue weighted by atomic mass is 16.5. The third kappa shape index (κ3) is 4.53. The van der Waals surface area contributed by atoms with Crippen LogP contribution in [0.25, 0.3) is 0 Å². The number of benzene rings is 1. The van der Waals surface area contributed by atoms with Gasteiger partial charge in [0, 0.05) is 37.0 Å². The Labute approximate surface area is 184 Å². The summed E-state index contributed by atoms with van der Waals surface area (Å²) in [6.45, 7) is 5.50. The largest absolute Gasteiger partial charge is 0.493 e. The first-order valence-electron chi connectivity index (χ1n) is 13.6.